The summed E-state index contributed by atoms with van der Waals surface area (Å²) < 4.78 is 0. The number of hydrogen-bond donors (Lipinski definition) is 2. The van der Waals surface area contributed by atoms with E-state index in [0.717, 1.165) is 18.5 Å². The van der Waals surface area contributed by atoms with Gasteiger partial charge in [0, 0.05) is 25.9 Å². The Kier molecular flexibility index (Phi) is 2.33. The quantitative estimate of drug-likeness (QED) is 0.734. The van der Waals surface area contributed by atoms with Crippen molar-refractivity contribution in [2.45, 2.75) is 12.8 Å². The minimum atomic E-state index is 0.0794. The van der Waals surface area contributed by atoms with E-state index >= 15 is 0 Å². The molecule has 0 saturated carbocycles. The fourth-order valence-electron chi connectivity index (χ4n) is 1.95. The number of aromatic hydroxyl groups is 1. The van der Waals surface area contributed by atoms with Gasteiger partial charge in [-0.05, 0) is 36.1 Å². The van der Waals surface area contributed by atoms with Gasteiger partial charge in [-0.1, -0.05) is 0 Å². The summed E-state index contributed by atoms with van der Waals surface area (Å²) in [5.74, 6) is 0.313. The molecule has 0 saturated heterocycles. The Morgan fingerprint density at radius 1 is 1.43 bits per heavy atom. The van der Waals surface area contributed by atoms with E-state index in [1.807, 2.05) is 19.2 Å². The number of hydrogen-bond acceptors (Lipinski definition) is 3. The fraction of sp³-hybridized carbons (Fsp3) is 0.455. The van der Waals surface area contributed by atoms with Gasteiger partial charge in [0.1, 0.15) is 5.75 Å². The molecule has 0 bridgehead atoms. The minimum Gasteiger partial charge on any atom is -0.508 e. The number of aliphatic hydroxyl groups is 1. The number of phenolic OH excluding ortho intramolecular Hbond substituents is 1. The molecule has 0 unspecified atom stereocenters. The first-order valence-electron chi connectivity index (χ1n) is 4.89. The zero-order valence-corrected chi connectivity index (χ0v) is 8.32. The van der Waals surface area contributed by atoms with Gasteiger partial charge < -0.3 is 15.1 Å². The van der Waals surface area contributed by atoms with E-state index in [9.17, 15) is 5.11 Å². The molecule has 0 amide bonds. The number of anilines is 1. The Balaban J connectivity index is 2.41. The van der Waals surface area contributed by atoms with Crippen molar-refractivity contribution in [3.8, 4) is 5.75 Å². The van der Waals surface area contributed by atoms with E-state index in [1.54, 1.807) is 0 Å². The SMILES string of the molecule is CN1CCc2cc(O)c(CCO)cc21. The van der Waals surface area contributed by atoms with E-state index < -0.39 is 0 Å². The van der Waals surface area contributed by atoms with Gasteiger partial charge in [0.2, 0.25) is 0 Å². The first-order chi connectivity index (χ1) is 6.72. The lowest BCUT2D eigenvalue weighted by Gasteiger charge is -2.13. The summed E-state index contributed by atoms with van der Waals surface area (Å²) >= 11 is 0. The van der Waals surface area contributed by atoms with Crippen LogP contribution < -0.4 is 4.90 Å². The number of aliphatic hydroxyl groups excluding tert-OH is 1. The predicted molar refractivity (Wildman–Crippen MR) is 55.9 cm³/mol. The zero-order chi connectivity index (χ0) is 10.1. The highest BCUT2D eigenvalue weighted by molar-refractivity contribution is 5.62. The molecule has 3 nitrogen and oxygen atoms in total. The normalized spacial score (nSPS) is 14.6. The van der Waals surface area contributed by atoms with Crippen molar-refractivity contribution in [1.29, 1.82) is 0 Å². The van der Waals surface area contributed by atoms with Gasteiger partial charge in [0.05, 0.1) is 0 Å². The summed E-state index contributed by atoms with van der Waals surface area (Å²) in [5.41, 5.74) is 3.22. The standard InChI is InChI=1S/C11H15NO2/c1-12-4-2-8-7-11(14)9(3-5-13)6-10(8)12/h6-7,13-14H,2-5H2,1H3. The highest BCUT2D eigenvalue weighted by Crippen LogP contribution is 2.32. The molecule has 0 aromatic heterocycles. The molecule has 0 radical (unpaired) electrons. The molecule has 0 spiro atoms. The molecule has 14 heavy (non-hydrogen) atoms. The second-order valence-corrected chi connectivity index (χ2v) is 3.75. The van der Waals surface area contributed by atoms with Crippen molar-refractivity contribution in [3.63, 3.8) is 0 Å². The number of phenols is 1. The first-order valence-corrected chi connectivity index (χ1v) is 4.89. The van der Waals surface area contributed by atoms with Crippen molar-refractivity contribution in [1.82, 2.24) is 0 Å². The lowest BCUT2D eigenvalue weighted by Crippen LogP contribution is -2.12. The summed E-state index contributed by atoms with van der Waals surface area (Å²) in [7, 11) is 2.05. The van der Waals surface area contributed by atoms with Crippen molar-refractivity contribution < 1.29 is 10.2 Å². The molecule has 1 aliphatic heterocycles. The van der Waals surface area contributed by atoms with Gasteiger partial charge in [-0.25, -0.2) is 0 Å². The van der Waals surface area contributed by atoms with E-state index in [0.29, 0.717) is 12.2 Å². The van der Waals surface area contributed by atoms with Crippen molar-refractivity contribution in [3.05, 3.63) is 23.3 Å². The highest BCUT2D eigenvalue weighted by Gasteiger charge is 2.17. The van der Waals surface area contributed by atoms with E-state index in [-0.39, 0.29) is 6.61 Å². The van der Waals surface area contributed by atoms with Crippen LogP contribution in [0.15, 0.2) is 12.1 Å². The molecule has 2 rings (SSSR count). The maximum atomic E-state index is 9.66. The highest BCUT2D eigenvalue weighted by atomic mass is 16.3. The van der Waals surface area contributed by atoms with Gasteiger partial charge in [-0.3, -0.25) is 0 Å². The van der Waals surface area contributed by atoms with Crippen LogP contribution in [0.2, 0.25) is 0 Å². The predicted octanol–water partition coefficient (Wildman–Crippen LogP) is 0.919. The Hall–Kier alpha value is -1.22. The molecule has 2 N–H and O–H groups in total. The van der Waals surface area contributed by atoms with E-state index in [4.69, 9.17) is 5.11 Å². The summed E-state index contributed by atoms with van der Waals surface area (Å²) in [4.78, 5) is 2.18. The molecule has 0 fully saturated rings. The second kappa shape index (κ2) is 3.50. The minimum absolute atomic E-state index is 0.0794. The van der Waals surface area contributed by atoms with Crippen LogP contribution in [-0.2, 0) is 12.8 Å². The van der Waals surface area contributed by atoms with Crippen LogP contribution in [0.5, 0.6) is 5.75 Å². The number of likely N-dealkylation sites (N-methyl/N-ethyl adjacent to an activating group) is 1. The summed E-state index contributed by atoms with van der Waals surface area (Å²) in [6, 6.07) is 3.80. The monoisotopic (exact) mass is 193 g/mol. The molecular formula is C11H15NO2. The molecule has 1 aromatic rings. The first kappa shape index (κ1) is 9.34. The van der Waals surface area contributed by atoms with Crippen LogP contribution in [-0.4, -0.2) is 30.4 Å². The zero-order valence-electron chi connectivity index (χ0n) is 8.32. The summed E-state index contributed by atoms with van der Waals surface area (Å²) in [5, 5.41) is 18.5. The van der Waals surface area contributed by atoms with Crippen LogP contribution >= 0.6 is 0 Å². The van der Waals surface area contributed by atoms with Crippen molar-refractivity contribution in [2.75, 3.05) is 25.1 Å². The van der Waals surface area contributed by atoms with Crippen LogP contribution in [0.1, 0.15) is 11.1 Å². The van der Waals surface area contributed by atoms with Gasteiger partial charge in [0.15, 0.2) is 0 Å². The number of benzene rings is 1. The summed E-state index contributed by atoms with van der Waals surface area (Å²) in [6.07, 6.45) is 1.52. The number of nitrogens with zero attached hydrogens (tertiary/aromatic N) is 1. The molecule has 76 valence electrons. The third-order valence-electron chi connectivity index (χ3n) is 2.79. The van der Waals surface area contributed by atoms with Crippen LogP contribution in [0.3, 0.4) is 0 Å². The number of rotatable bonds is 2. The Morgan fingerprint density at radius 3 is 2.93 bits per heavy atom. The molecule has 0 aliphatic carbocycles. The maximum Gasteiger partial charge on any atom is 0.119 e. The summed E-state index contributed by atoms with van der Waals surface area (Å²) in [6.45, 7) is 1.09. The van der Waals surface area contributed by atoms with Crippen molar-refractivity contribution >= 4 is 5.69 Å². The second-order valence-electron chi connectivity index (χ2n) is 3.75. The Morgan fingerprint density at radius 2 is 2.21 bits per heavy atom. The molecule has 0 atom stereocenters. The van der Waals surface area contributed by atoms with Crippen LogP contribution in [0.4, 0.5) is 5.69 Å². The number of fused-ring (bicyclic) bond motifs is 1. The topological polar surface area (TPSA) is 43.7 Å². The molecule has 1 heterocycles. The Labute approximate surface area is 83.6 Å². The molecular weight excluding hydrogens is 178 g/mol. The van der Waals surface area contributed by atoms with Gasteiger partial charge in [-0.2, -0.15) is 0 Å². The fourth-order valence-corrected chi connectivity index (χ4v) is 1.95. The van der Waals surface area contributed by atoms with Crippen molar-refractivity contribution in [2.24, 2.45) is 0 Å². The maximum absolute atomic E-state index is 9.66. The van der Waals surface area contributed by atoms with E-state index in [2.05, 4.69) is 4.90 Å². The van der Waals surface area contributed by atoms with Crippen LogP contribution in [0, 0.1) is 0 Å². The van der Waals surface area contributed by atoms with Gasteiger partial charge in [-0.15, -0.1) is 0 Å². The molecule has 1 aliphatic rings. The van der Waals surface area contributed by atoms with E-state index in [1.165, 1.54) is 11.3 Å². The van der Waals surface area contributed by atoms with Gasteiger partial charge in [0.25, 0.3) is 0 Å². The van der Waals surface area contributed by atoms with Crippen LogP contribution in [0.25, 0.3) is 0 Å². The lowest BCUT2D eigenvalue weighted by atomic mass is 10.1. The largest absolute Gasteiger partial charge is 0.508 e. The third kappa shape index (κ3) is 1.44. The van der Waals surface area contributed by atoms with Gasteiger partial charge >= 0.3 is 0 Å². The smallest absolute Gasteiger partial charge is 0.119 e. The third-order valence-corrected chi connectivity index (χ3v) is 2.79. The average molecular weight is 193 g/mol. The molecule has 1 aromatic carbocycles. The lowest BCUT2D eigenvalue weighted by molar-refractivity contribution is 0.297. The molecule has 3 heteroatoms. The Bertz CT molecular complexity index is 349. The average Bonchev–Trinajstić information content (AvgIpc) is 2.49.